The van der Waals surface area contributed by atoms with Gasteiger partial charge in [-0.05, 0) is 53.7 Å². The number of benzene rings is 1. The van der Waals surface area contributed by atoms with Gasteiger partial charge in [0, 0.05) is 11.1 Å². The molecule has 0 amide bonds. The molecule has 0 aliphatic heterocycles. The minimum absolute atomic E-state index is 0.260. The maximum atomic E-state index is 13.0. The number of unbranched alkanes of at least 4 members (excludes halogenated alkanes) is 7. The topological polar surface area (TPSA) is 17.1 Å². The second-order valence-electron chi connectivity index (χ2n) is 7.61. The van der Waals surface area contributed by atoms with Gasteiger partial charge in [-0.2, -0.15) is 0 Å². The molecule has 0 radical (unpaired) electrons. The Morgan fingerprint density at radius 2 is 1.46 bits per heavy atom. The van der Waals surface area contributed by atoms with Crippen LogP contribution in [0.4, 0.5) is 0 Å². The molecule has 3 rings (SSSR count). The Morgan fingerprint density at radius 3 is 2.19 bits per heavy atom. The summed E-state index contributed by atoms with van der Waals surface area (Å²) < 4.78 is 0. The molecule has 0 aromatic heterocycles. The van der Waals surface area contributed by atoms with E-state index in [1.807, 2.05) is 6.07 Å². The van der Waals surface area contributed by atoms with Gasteiger partial charge in [0.15, 0.2) is 5.78 Å². The molecular weight excluding hydrogens is 316 g/mol. The molecule has 1 nitrogen and oxygen atoms in total. The molecule has 0 N–H and O–H groups in total. The van der Waals surface area contributed by atoms with Crippen LogP contribution in [0.25, 0.3) is 11.6 Å². The van der Waals surface area contributed by atoms with Crippen molar-refractivity contribution in [2.45, 2.75) is 78.1 Å². The predicted molar refractivity (Wildman–Crippen MR) is 112 cm³/mol. The smallest absolute Gasteiger partial charge is 0.189 e. The summed E-state index contributed by atoms with van der Waals surface area (Å²) in [7, 11) is 0. The van der Waals surface area contributed by atoms with Crippen LogP contribution >= 0.6 is 0 Å². The first-order valence-corrected chi connectivity index (χ1v) is 10.6. The largest absolute Gasteiger partial charge is 0.289 e. The third kappa shape index (κ3) is 4.09. The van der Waals surface area contributed by atoms with Gasteiger partial charge in [-0.25, -0.2) is 0 Å². The monoisotopic (exact) mass is 348 g/mol. The summed E-state index contributed by atoms with van der Waals surface area (Å²) in [6.07, 6.45) is 16.9. The van der Waals surface area contributed by atoms with E-state index in [2.05, 4.69) is 44.2 Å². The van der Waals surface area contributed by atoms with Gasteiger partial charge < -0.3 is 0 Å². The molecule has 1 heteroatoms. The molecule has 0 saturated heterocycles. The first-order valence-electron chi connectivity index (χ1n) is 10.6. The van der Waals surface area contributed by atoms with Crippen LogP contribution in [0.2, 0.25) is 0 Å². The number of Topliss-reactive ketones (excluding diaryl/α,β-unsaturated/α-hetero) is 1. The fourth-order valence-electron chi connectivity index (χ4n) is 4.22. The molecule has 0 spiro atoms. The number of carbonyl (C=O) groups is 1. The fourth-order valence-corrected chi connectivity index (χ4v) is 4.22. The van der Waals surface area contributed by atoms with Crippen molar-refractivity contribution in [1.82, 2.24) is 0 Å². The lowest BCUT2D eigenvalue weighted by Crippen LogP contribution is -2.12. The van der Waals surface area contributed by atoms with E-state index in [0.29, 0.717) is 0 Å². The van der Waals surface area contributed by atoms with Crippen LogP contribution in [0.5, 0.6) is 0 Å². The predicted octanol–water partition coefficient (Wildman–Crippen LogP) is 7.29. The van der Waals surface area contributed by atoms with E-state index in [4.69, 9.17) is 0 Å². The zero-order chi connectivity index (χ0) is 18.4. The molecule has 0 saturated carbocycles. The van der Waals surface area contributed by atoms with Crippen molar-refractivity contribution < 1.29 is 4.79 Å². The first-order chi connectivity index (χ1) is 12.8. The second kappa shape index (κ2) is 9.16. The highest BCUT2D eigenvalue weighted by molar-refractivity contribution is 6.26. The van der Waals surface area contributed by atoms with E-state index in [1.165, 1.54) is 68.1 Å². The van der Waals surface area contributed by atoms with Gasteiger partial charge in [0.2, 0.25) is 0 Å². The third-order valence-electron chi connectivity index (χ3n) is 5.72. The molecule has 138 valence electrons. The summed E-state index contributed by atoms with van der Waals surface area (Å²) in [4.78, 5) is 13.0. The molecule has 0 atom stereocenters. The molecule has 1 aromatic carbocycles. The number of rotatable bonds is 10. The Labute approximate surface area is 158 Å². The Kier molecular flexibility index (Phi) is 6.66. The lowest BCUT2D eigenvalue weighted by atomic mass is 9.84. The second-order valence-corrected chi connectivity index (χ2v) is 7.61. The van der Waals surface area contributed by atoms with Crippen molar-refractivity contribution in [3.63, 3.8) is 0 Å². The van der Waals surface area contributed by atoms with E-state index in [1.54, 1.807) is 0 Å². The molecule has 2 aliphatic carbocycles. The molecule has 1 aromatic rings. The summed E-state index contributed by atoms with van der Waals surface area (Å²) in [6, 6.07) is 8.37. The Hall–Kier alpha value is -1.89. The molecule has 0 bridgehead atoms. The van der Waals surface area contributed by atoms with Crippen molar-refractivity contribution in [3.8, 4) is 0 Å². The standard InChI is InChI=1S/C25H32O/c1-3-5-6-7-8-9-10-11-14-19-17-23-22-16-13-12-15-20(22)18-24(23)25(26)21(19)4-2/h12-13,15-18H,3-11,14H2,1-2H3. The van der Waals surface area contributed by atoms with Crippen LogP contribution in [0.1, 0.15) is 89.2 Å². The van der Waals surface area contributed by atoms with Crippen LogP contribution in [0.15, 0.2) is 47.1 Å². The Bertz CT molecular complexity index is 745. The van der Waals surface area contributed by atoms with Gasteiger partial charge in [0.1, 0.15) is 0 Å². The van der Waals surface area contributed by atoms with Crippen molar-refractivity contribution in [2.75, 3.05) is 0 Å². The average Bonchev–Trinajstić information content (AvgIpc) is 3.03. The minimum Gasteiger partial charge on any atom is -0.289 e. The number of allylic oxidation sites excluding steroid dienone is 5. The van der Waals surface area contributed by atoms with Crippen molar-refractivity contribution in [1.29, 1.82) is 0 Å². The molecule has 0 heterocycles. The summed E-state index contributed by atoms with van der Waals surface area (Å²) >= 11 is 0. The maximum Gasteiger partial charge on any atom is 0.189 e. The summed E-state index contributed by atoms with van der Waals surface area (Å²) in [6.45, 7) is 4.38. The van der Waals surface area contributed by atoms with E-state index >= 15 is 0 Å². The zero-order valence-corrected chi connectivity index (χ0v) is 16.4. The normalized spacial score (nSPS) is 15.7. The van der Waals surface area contributed by atoms with E-state index in [9.17, 15) is 4.79 Å². The van der Waals surface area contributed by atoms with Crippen molar-refractivity contribution >= 4 is 17.4 Å². The van der Waals surface area contributed by atoms with Gasteiger partial charge in [-0.3, -0.25) is 4.79 Å². The summed E-state index contributed by atoms with van der Waals surface area (Å²) in [5, 5.41) is 0. The fraction of sp³-hybridized carbons (Fsp3) is 0.480. The minimum atomic E-state index is 0.260. The lowest BCUT2D eigenvalue weighted by molar-refractivity contribution is -0.112. The van der Waals surface area contributed by atoms with Gasteiger partial charge in [0.25, 0.3) is 0 Å². The first kappa shape index (κ1) is 18.9. The Morgan fingerprint density at radius 1 is 0.769 bits per heavy atom. The SMILES string of the molecule is CCCCCCCCCCC1=C(CC)C(=O)C2=Cc3ccccc3C2=C1. The maximum absolute atomic E-state index is 13.0. The molecule has 0 unspecified atom stereocenters. The lowest BCUT2D eigenvalue weighted by Gasteiger charge is -2.19. The highest BCUT2D eigenvalue weighted by atomic mass is 16.1. The van der Waals surface area contributed by atoms with E-state index < -0.39 is 0 Å². The quantitative estimate of drug-likeness (QED) is 0.406. The van der Waals surface area contributed by atoms with E-state index in [0.717, 1.165) is 29.6 Å². The number of ketones is 1. The van der Waals surface area contributed by atoms with Crippen molar-refractivity contribution in [3.05, 3.63) is 58.2 Å². The molecular formula is C25H32O. The van der Waals surface area contributed by atoms with Crippen LogP contribution < -0.4 is 0 Å². The van der Waals surface area contributed by atoms with Crippen molar-refractivity contribution in [2.24, 2.45) is 0 Å². The van der Waals surface area contributed by atoms with Gasteiger partial charge in [-0.15, -0.1) is 0 Å². The van der Waals surface area contributed by atoms with Gasteiger partial charge in [0.05, 0.1) is 0 Å². The zero-order valence-electron chi connectivity index (χ0n) is 16.4. The van der Waals surface area contributed by atoms with Gasteiger partial charge >= 0.3 is 0 Å². The molecule has 26 heavy (non-hydrogen) atoms. The van der Waals surface area contributed by atoms with Crippen LogP contribution in [0.3, 0.4) is 0 Å². The highest BCUT2D eigenvalue weighted by Crippen LogP contribution is 2.42. The van der Waals surface area contributed by atoms with Crippen LogP contribution in [-0.2, 0) is 4.79 Å². The highest BCUT2D eigenvalue weighted by Gasteiger charge is 2.30. The summed E-state index contributed by atoms with van der Waals surface area (Å²) in [5.74, 6) is 0.260. The number of carbonyl (C=O) groups excluding carboxylic acids is 1. The van der Waals surface area contributed by atoms with Gasteiger partial charge in [-0.1, -0.05) is 83.1 Å². The van der Waals surface area contributed by atoms with Crippen LogP contribution in [-0.4, -0.2) is 5.78 Å². The number of fused-ring (bicyclic) bond motifs is 3. The average molecular weight is 349 g/mol. The number of hydrogen-bond donors (Lipinski definition) is 0. The Balaban J connectivity index is 1.61. The molecule has 0 fully saturated rings. The number of hydrogen-bond acceptors (Lipinski definition) is 1. The van der Waals surface area contributed by atoms with Crippen LogP contribution in [0, 0.1) is 0 Å². The third-order valence-corrected chi connectivity index (χ3v) is 5.72. The molecule has 2 aliphatic rings. The summed E-state index contributed by atoms with van der Waals surface area (Å²) in [5.41, 5.74) is 6.79. The van der Waals surface area contributed by atoms with E-state index in [-0.39, 0.29) is 5.78 Å².